The molecule has 1 aliphatic rings. The van der Waals surface area contributed by atoms with Crippen LogP contribution in [0.5, 0.6) is 0 Å². The van der Waals surface area contributed by atoms with Gasteiger partial charge in [0.15, 0.2) is 5.89 Å². The number of hydrogen-bond donors (Lipinski definition) is 0. The van der Waals surface area contributed by atoms with Gasteiger partial charge in [0.1, 0.15) is 12.0 Å². The molecule has 0 aromatic carbocycles. The summed E-state index contributed by atoms with van der Waals surface area (Å²) in [5, 5.41) is 0. The molecule has 0 saturated carbocycles. The third-order valence-electron chi connectivity index (χ3n) is 3.87. The third-order valence-corrected chi connectivity index (χ3v) is 3.87. The van der Waals surface area contributed by atoms with Crippen molar-refractivity contribution in [3.05, 3.63) is 17.8 Å². The van der Waals surface area contributed by atoms with Crippen LogP contribution in [-0.2, 0) is 17.6 Å². The minimum atomic E-state index is 0.130. The minimum absolute atomic E-state index is 0.130. The van der Waals surface area contributed by atoms with Crippen LogP contribution in [0.4, 0.5) is 0 Å². The van der Waals surface area contributed by atoms with Crippen molar-refractivity contribution in [2.24, 2.45) is 5.92 Å². The second-order valence-corrected chi connectivity index (χ2v) is 5.89. The number of oxazole rings is 1. The van der Waals surface area contributed by atoms with Crippen LogP contribution in [0.15, 0.2) is 10.7 Å². The Bertz CT molecular complexity index is 418. The molecule has 0 atom stereocenters. The van der Waals surface area contributed by atoms with Gasteiger partial charge in [-0.1, -0.05) is 0 Å². The second kappa shape index (κ2) is 6.33. The molecular formula is C15H24N2O2. The zero-order valence-corrected chi connectivity index (χ0v) is 12.2. The van der Waals surface area contributed by atoms with Crippen molar-refractivity contribution < 1.29 is 9.21 Å². The topological polar surface area (TPSA) is 46.3 Å². The first-order valence-electron chi connectivity index (χ1n) is 7.21. The Morgan fingerprint density at radius 1 is 1.47 bits per heavy atom. The number of likely N-dealkylation sites (tertiary alicyclic amines) is 1. The highest BCUT2D eigenvalue weighted by Gasteiger charge is 2.22. The van der Waals surface area contributed by atoms with Gasteiger partial charge < -0.3 is 9.32 Å². The molecule has 1 aromatic rings. The highest BCUT2D eigenvalue weighted by molar-refractivity contribution is 5.77. The Kier molecular flexibility index (Phi) is 4.75. The van der Waals surface area contributed by atoms with Crippen LogP contribution in [0.2, 0.25) is 0 Å². The fraction of sp³-hybridized carbons (Fsp3) is 0.733. The quantitative estimate of drug-likeness (QED) is 0.819. The van der Waals surface area contributed by atoms with Gasteiger partial charge in [0.25, 0.3) is 0 Å². The van der Waals surface area contributed by atoms with Crippen molar-refractivity contribution in [3.63, 3.8) is 0 Å². The minimum Gasteiger partial charge on any atom is -0.449 e. The Morgan fingerprint density at radius 2 is 2.16 bits per heavy atom. The van der Waals surface area contributed by atoms with Crippen molar-refractivity contribution in [1.82, 2.24) is 9.88 Å². The molecular weight excluding hydrogens is 240 g/mol. The number of aromatic nitrogens is 1. The Balaban J connectivity index is 1.82. The number of hydrogen-bond acceptors (Lipinski definition) is 4. The van der Waals surface area contributed by atoms with Gasteiger partial charge in [-0.25, -0.2) is 4.98 Å². The molecule has 0 bridgehead atoms. The van der Waals surface area contributed by atoms with Crippen LogP contribution in [0.3, 0.4) is 0 Å². The molecule has 1 aliphatic heterocycles. The molecule has 1 fully saturated rings. The van der Waals surface area contributed by atoms with Crippen LogP contribution < -0.4 is 0 Å². The van der Waals surface area contributed by atoms with E-state index in [9.17, 15) is 4.79 Å². The summed E-state index contributed by atoms with van der Waals surface area (Å²) < 4.78 is 5.47. The van der Waals surface area contributed by atoms with Crippen LogP contribution in [0, 0.1) is 5.92 Å². The summed E-state index contributed by atoms with van der Waals surface area (Å²) in [6, 6.07) is 0.643. The van der Waals surface area contributed by atoms with Gasteiger partial charge in [0, 0.05) is 12.5 Å². The molecule has 2 heterocycles. The van der Waals surface area contributed by atoms with E-state index in [1.54, 1.807) is 13.2 Å². The summed E-state index contributed by atoms with van der Waals surface area (Å²) in [5.74, 6) is 1.59. The van der Waals surface area contributed by atoms with Gasteiger partial charge in [0.05, 0.1) is 12.1 Å². The predicted octanol–water partition coefficient (Wildman–Crippen LogP) is 2.47. The van der Waals surface area contributed by atoms with E-state index >= 15 is 0 Å². The number of ketones is 1. The van der Waals surface area contributed by atoms with Gasteiger partial charge in [-0.05, 0) is 52.6 Å². The van der Waals surface area contributed by atoms with Crippen molar-refractivity contribution in [2.75, 3.05) is 13.1 Å². The average Bonchev–Trinajstić information content (AvgIpc) is 2.76. The van der Waals surface area contributed by atoms with Crippen molar-refractivity contribution in [1.29, 1.82) is 0 Å². The smallest absolute Gasteiger partial charge is 0.194 e. The molecule has 0 spiro atoms. The van der Waals surface area contributed by atoms with E-state index in [2.05, 4.69) is 23.7 Å². The molecule has 0 radical (unpaired) electrons. The number of rotatable bonds is 5. The first-order chi connectivity index (χ1) is 9.04. The van der Waals surface area contributed by atoms with Crippen molar-refractivity contribution in [3.8, 4) is 0 Å². The lowest BCUT2D eigenvalue weighted by atomic mass is 9.93. The summed E-state index contributed by atoms with van der Waals surface area (Å²) in [7, 11) is 0. The average molecular weight is 264 g/mol. The third kappa shape index (κ3) is 4.16. The molecule has 0 N–H and O–H groups in total. The van der Waals surface area contributed by atoms with Crippen LogP contribution in [0.25, 0.3) is 0 Å². The van der Waals surface area contributed by atoms with E-state index in [-0.39, 0.29) is 5.78 Å². The van der Waals surface area contributed by atoms with Crippen molar-refractivity contribution >= 4 is 5.78 Å². The lowest BCUT2D eigenvalue weighted by molar-refractivity contribution is -0.116. The molecule has 0 amide bonds. The van der Waals surface area contributed by atoms with Crippen LogP contribution in [-0.4, -0.2) is 34.8 Å². The Morgan fingerprint density at radius 3 is 2.74 bits per heavy atom. The highest BCUT2D eigenvalue weighted by atomic mass is 16.3. The van der Waals surface area contributed by atoms with Gasteiger partial charge in [-0.2, -0.15) is 0 Å². The van der Waals surface area contributed by atoms with Crippen LogP contribution in [0.1, 0.15) is 45.2 Å². The van der Waals surface area contributed by atoms with E-state index < -0.39 is 0 Å². The zero-order chi connectivity index (χ0) is 13.8. The normalized spacial score (nSPS) is 18.1. The lowest BCUT2D eigenvalue weighted by Gasteiger charge is -2.34. The van der Waals surface area contributed by atoms with Gasteiger partial charge in [-0.3, -0.25) is 4.79 Å². The molecule has 0 aliphatic carbocycles. The molecule has 0 unspecified atom stereocenters. The largest absolute Gasteiger partial charge is 0.449 e. The summed E-state index contributed by atoms with van der Waals surface area (Å²) in [6.07, 6.45) is 5.34. The first-order valence-corrected chi connectivity index (χ1v) is 7.21. The number of carbonyl (C=O) groups is 1. The first kappa shape index (κ1) is 14.3. The van der Waals surface area contributed by atoms with Gasteiger partial charge in [0.2, 0.25) is 0 Å². The molecule has 4 nitrogen and oxygen atoms in total. The van der Waals surface area contributed by atoms with E-state index in [1.807, 2.05) is 0 Å². The van der Waals surface area contributed by atoms with Crippen molar-refractivity contribution in [2.45, 2.75) is 52.5 Å². The summed E-state index contributed by atoms with van der Waals surface area (Å²) in [4.78, 5) is 17.9. The second-order valence-electron chi connectivity index (χ2n) is 5.89. The number of carbonyl (C=O) groups excluding carboxylic acids is 1. The molecule has 1 aromatic heterocycles. The monoisotopic (exact) mass is 264 g/mol. The zero-order valence-electron chi connectivity index (χ0n) is 12.2. The highest BCUT2D eigenvalue weighted by Crippen LogP contribution is 2.22. The summed E-state index contributed by atoms with van der Waals surface area (Å²) in [5.41, 5.74) is 0.766. The molecule has 19 heavy (non-hydrogen) atoms. The van der Waals surface area contributed by atoms with Gasteiger partial charge >= 0.3 is 0 Å². The van der Waals surface area contributed by atoms with Gasteiger partial charge in [-0.15, -0.1) is 0 Å². The van der Waals surface area contributed by atoms with E-state index in [0.717, 1.165) is 18.0 Å². The fourth-order valence-electron chi connectivity index (χ4n) is 2.70. The lowest BCUT2D eigenvalue weighted by Crippen LogP contribution is -2.38. The fourth-order valence-corrected chi connectivity index (χ4v) is 2.70. The Hall–Kier alpha value is -1.16. The number of nitrogens with zero attached hydrogens (tertiary/aromatic N) is 2. The van der Waals surface area contributed by atoms with E-state index in [1.165, 1.54) is 25.9 Å². The molecule has 1 saturated heterocycles. The Labute approximate surface area is 115 Å². The SMILES string of the molecule is CC(=O)Cc1coc(CC2CCN(C(C)C)CC2)n1. The maximum atomic E-state index is 11.0. The molecule has 106 valence electrons. The predicted molar refractivity (Wildman–Crippen MR) is 74.0 cm³/mol. The molecule has 4 heteroatoms. The van der Waals surface area contributed by atoms with E-state index in [0.29, 0.717) is 18.4 Å². The standard InChI is InChI=1S/C15H24N2O2/c1-11(2)17-6-4-13(5-7-17)9-15-16-14(10-19-15)8-12(3)18/h10-11,13H,4-9H2,1-3H3. The van der Waals surface area contributed by atoms with E-state index in [4.69, 9.17) is 4.42 Å². The van der Waals surface area contributed by atoms with Crippen LogP contribution >= 0.6 is 0 Å². The number of Topliss-reactive ketones (excluding diaryl/α,β-unsaturated/α-hetero) is 1. The number of piperidine rings is 1. The summed E-state index contributed by atoms with van der Waals surface area (Å²) in [6.45, 7) is 8.42. The summed E-state index contributed by atoms with van der Waals surface area (Å²) >= 11 is 0. The maximum absolute atomic E-state index is 11.0. The maximum Gasteiger partial charge on any atom is 0.194 e. The molecule has 2 rings (SSSR count).